The molecular formula is C29H36N10O14P2S2-2. The SMILES string of the molecule is Cc1cn(C2CC(OP([O-])(=S)OCC3OC(n4cnc5c(N)ncnc54)CC3O)C(COP(=O)([S-])OC3CC(n4ccc(N)nc4=O)OC3CO)O2)c(=O)[nH]c1=O. The van der Waals surface area contributed by atoms with E-state index in [2.05, 4.69) is 24.9 Å². The van der Waals surface area contributed by atoms with Crippen molar-refractivity contribution in [1.82, 2.24) is 38.6 Å². The van der Waals surface area contributed by atoms with Gasteiger partial charge in [0, 0.05) is 37.2 Å². The molecule has 3 aliphatic rings. The molecule has 7 rings (SSSR count). The first-order chi connectivity index (χ1) is 27.0. The molecule has 4 aromatic heterocycles. The Morgan fingerprint density at radius 2 is 1.65 bits per heavy atom. The first-order valence-corrected chi connectivity index (χ1v) is 22.2. The Kier molecular flexibility index (Phi) is 12.2. The third-order valence-electron chi connectivity index (χ3n) is 9.38. The van der Waals surface area contributed by atoms with Crippen LogP contribution in [-0.2, 0) is 60.9 Å². The zero-order valence-corrected chi connectivity index (χ0v) is 33.0. The number of anilines is 2. The van der Waals surface area contributed by atoms with Crippen molar-refractivity contribution < 1.29 is 52.0 Å². The fourth-order valence-electron chi connectivity index (χ4n) is 6.56. The standard InChI is InChI=1S/C29H38N10O14P2S2/c1-13-7-38(29(44)36-27(13)42)23-6-16(53-54(45,56)47-9-18-14(41)4-21(50-18)39-12-34-24-25(31)32-11-33-26(24)39)19(51-23)10-48-55(46,57)52-15-5-22(49-17(15)8-40)37-3-2-20(30)35-28(37)43/h2-3,7,11-12,14-19,21-23,40-41H,4-6,8-10H2,1H3,(H,45,56)(H,46,57)(H2,30,35,43)(H2,31,32,33)(H,36,42,44)/p-2. The van der Waals surface area contributed by atoms with Gasteiger partial charge in [-0.15, -0.1) is 0 Å². The summed E-state index contributed by atoms with van der Waals surface area (Å²) in [4.78, 5) is 68.9. The minimum atomic E-state index is -4.43. The van der Waals surface area contributed by atoms with Crippen LogP contribution in [0.4, 0.5) is 11.6 Å². The largest absolute Gasteiger partial charge is 0.780 e. The molecule has 11 unspecified atom stereocenters. The highest BCUT2D eigenvalue weighted by molar-refractivity contribution is 8.32. The number of aromatic nitrogens is 8. The van der Waals surface area contributed by atoms with Crippen LogP contribution in [0.5, 0.6) is 0 Å². The van der Waals surface area contributed by atoms with Crippen molar-refractivity contribution in [3.05, 3.63) is 68.0 Å². The number of hydrogen-bond acceptors (Lipinski definition) is 22. The van der Waals surface area contributed by atoms with Gasteiger partial charge in [0.2, 0.25) is 0 Å². The van der Waals surface area contributed by atoms with Gasteiger partial charge in [0.25, 0.3) is 5.56 Å². The number of nitrogens with zero attached hydrogens (tertiary/aromatic N) is 7. The van der Waals surface area contributed by atoms with Gasteiger partial charge in [-0.25, -0.2) is 24.5 Å². The summed E-state index contributed by atoms with van der Waals surface area (Å²) in [6, 6.07) is 1.37. The summed E-state index contributed by atoms with van der Waals surface area (Å²) in [5, 5.41) is 20.7. The van der Waals surface area contributed by atoms with Crippen LogP contribution in [0.2, 0.25) is 0 Å². The molecule has 310 valence electrons. The van der Waals surface area contributed by atoms with E-state index in [1.165, 1.54) is 38.0 Å². The molecular weight excluding hydrogens is 838 g/mol. The number of H-pyrrole nitrogens is 1. The van der Waals surface area contributed by atoms with Gasteiger partial charge in [0.15, 0.2) is 18.3 Å². The maximum atomic E-state index is 13.6. The summed E-state index contributed by atoms with van der Waals surface area (Å²) in [6.45, 7) is -9.07. The van der Waals surface area contributed by atoms with Gasteiger partial charge in [-0.1, -0.05) is 11.8 Å². The Morgan fingerprint density at radius 1 is 0.982 bits per heavy atom. The second kappa shape index (κ2) is 16.7. The number of imidazole rings is 1. The first kappa shape index (κ1) is 41.7. The first-order valence-electron chi connectivity index (χ1n) is 17.1. The lowest BCUT2D eigenvalue weighted by atomic mass is 10.2. The Hall–Kier alpha value is -3.46. The zero-order valence-electron chi connectivity index (χ0n) is 29.6. The summed E-state index contributed by atoms with van der Waals surface area (Å²) < 4.78 is 57.3. The molecule has 0 radical (unpaired) electrons. The molecule has 28 heteroatoms. The molecule has 11 atom stereocenters. The second-order valence-corrected chi connectivity index (χ2v) is 18.6. The van der Waals surface area contributed by atoms with E-state index in [0.717, 1.165) is 9.13 Å². The molecule has 0 amide bonds. The van der Waals surface area contributed by atoms with Crippen molar-refractivity contribution in [1.29, 1.82) is 0 Å². The van der Waals surface area contributed by atoms with Crippen LogP contribution in [-0.4, -0.2) is 105 Å². The summed E-state index contributed by atoms with van der Waals surface area (Å²) in [6.07, 6.45) is -4.51. The van der Waals surface area contributed by atoms with E-state index in [1.54, 1.807) is 4.57 Å². The zero-order chi connectivity index (χ0) is 40.8. The van der Waals surface area contributed by atoms with Crippen molar-refractivity contribution in [3.63, 3.8) is 0 Å². The van der Waals surface area contributed by atoms with Crippen molar-refractivity contribution in [3.8, 4) is 0 Å². The van der Waals surface area contributed by atoms with E-state index in [-0.39, 0.29) is 36.5 Å². The molecule has 0 aliphatic carbocycles. The van der Waals surface area contributed by atoms with Gasteiger partial charge < -0.3 is 71.1 Å². The molecule has 24 nitrogen and oxygen atoms in total. The predicted molar refractivity (Wildman–Crippen MR) is 198 cm³/mol. The molecule has 0 aromatic carbocycles. The van der Waals surface area contributed by atoms with E-state index in [0.29, 0.717) is 11.2 Å². The van der Waals surface area contributed by atoms with E-state index >= 15 is 0 Å². The Morgan fingerprint density at radius 3 is 2.39 bits per heavy atom. The van der Waals surface area contributed by atoms with Crippen LogP contribution in [0.25, 0.3) is 11.2 Å². The summed E-state index contributed by atoms with van der Waals surface area (Å²) >= 11 is 10.4. The van der Waals surface area contributed by atoms with Crippen LogP contribution >= 0.6 is 13.5 Å². The number of ether oxygens (including phenoxy) is 3. The highest BCUT2D eigenvalue weighted by Crippen LogP contribution is 2.52. The van der Waals surface area contributed by atoms with Crippen molar-refractivity contribution >= 4 is 60.4 Å². The summed E-state index contributed by atoms with van der Waals surface area (Å²) in [5.41, 5.74) is 10.2. The number of nitrogens with one attached hydrogen (secondary N) is 1. The van der Waals surface area contributed by atoms with Gasteiger partial charge >= 0.3 is 11.4 Å². The van der Waals surface area contributed by atoms with Crippen molar-refractivity contribution in [2.75, 3.05) is 31.3 Å². The molecule has 7 heterocycles. The molecule has 0 bridgehead atoms. The number of fused-ring (bicyclic) bond motifs is 1. The van der Waals surface area contributed by atoms with Gasteiger partial charge in [-0.2, -0.15) is 4.98 Å². The third kappa shape index (κ3) is 9.24. The lowest BCUT2D eigenvalue weighted by Crippen LogP contribution is -2.33. The molecule has 3 saturated heterocycles. The average molecular weight is 875 g/mol. The number of aryl methyl sites for hydroxylation is 1. The molecule has 57 heavy (non-hydrogen) atoms. The summed E-state index contributed by atoms with van der Waals surface area (Å²) in [5.74, 6) is 0.145. The molecule has 3 aliphatic heterocycles. The fraction of sp³-hybridized carbons (Fsp3) is 0.552. The molecule has 7 N–H and O–H groups in total. The highest BCUT2D eigenvalue weighted by Gasteiger charge is 2.43. The third-order valence-corrected chi connectivity index (χ3v) is 12.5. The van der Waals surface area contributed by atoms with Gasteiger partial charge in [0.05, 0.1) is 44.5 Å². The lowest BCUT2D eigenvalue weighted by Gasteiger charge is -2.34. The maximum Gasteiger partial charge on any atom is 0.351 e. The quantitative estimate of drug-likeness (QED) is 0.0701. The average Bonchev–Trinajstić information content (AvgIpc) is 3.93. The highest BCUT2D eigenvalue weighted by atomic mass is 32.7. The number of aliphatic hydroxyl groups excluding tert-OH is 2. The van der Waals surface area contributed by atoms with Crippen molar-refractivity contribution in [2.24, 2.45) is 0 Å². The maximum absolute atomic E-state index is 13.6. The molecule has 0 saturated carbocycles. The monoisotopic (exact) mass is 874 g/mol. The number of aromatic amines is 1. The predicted octanol–water partition coefficient (Wildman–Crippen LogP) is -1.63. The van der Waals surface area contributed by atoms with Crippen LogP contribution in [0.3, 0.4) is 0 Å². The van der Waals surface area contributed by atoms with Gasteiger partial charge in [-0.3, -0.25) is 28.0 Å². The molecule has 3 fully saturated rings. The number of hydrogen-bond donors (Lipinski definition) is 5. The smallest absolute Gasteiger partial charge is 0.351 e. The Balaban J connectivity index is 1.02. The number of rotatable bonds is 14. The van der Waals surface area contributed by atoms with Crippen LogP contribution < -0.4 is 33.3 Å². The van der Waals surface area contributed by atoms with E-state index < -0.39 is 106 Å². The number of nitrogens with two attached hydrogens (primary N) is 2. The molecule has 0 spiro atoms. The Labute approximate surface area is 331 Å². The second-order valence-electron chi connectivity index (χ2n) is 13.2. The van der Waals surface area contributed by atoms with Crippen molar-refractivity contribution in [2.45, 2.75) is 81.5 Å². The van der Waals surface area contributed by atoms with Gasteiger partial charge in [0.1, 0.15) is 61.4 Å². The number of aliphatic hydroxyl groups is 2. The van der Waals surface area contributed by atoms with E-state index in [1.807, 2.05) is 0 Å². The lowest BCUT2D eigenvalue weighted by molar-refractivity contribution is -0.215. The summed E-state index contributed by atoms with van der Waals surface area (Å²) in [7, 11) is 0. The Bertz CT molecular complexity index is 2400. The topological polar surface area (TPSA) is 331 Å². The minimum Gasteiger partial charge on any atom is -0.780 e. The van der Waals surface area contributed by atoms with E-state index in [9.17, 15) is 34.1 Å². The van der Waals surface area contributed by atoms with Crippen LogP contribution in [0, 0.1) is 6.92 Å². The van der Waals surface area contributed by atoms with E-state index in [4.69, 9.17) is 67.8 Å². The number of nitrogen functional groups attached to an aromatic ring is 2. The van der Waals surface area contributed by atoms with Crippen LogP contribution in [0.1, 0.15) is 43.5 Å². The fourth-order valence-corrected chi connectivity index (χ4v) is 9.48. The minimum absolute atomic E-state index is 0.0134. The van der Waals surface area contributed by atoms with Gasteiger partial charge in [-0.05, 0) is 13.0 Å². The normalized spacial score (nSPS) is 29.8. The molecule has 4 aromatic rings. The van der Waals surface area contributed by atoms with Crippen LogP contribution in [0.15, 0.2) is 45.5 Å².